The number of alkyl halides is 4. The number of piperidine rings is 1. The predicted molar refractivity (Wildman–Crippen MR) is 142 cm³/mol. The molecule has 3 atom stereocenters. The van der Waals surface area contributed by atoms with Crippen molar-refractivity contribution < 1.29 is 17.6 Å². The van der Waals surface area contributed by atoms with E-state index in [4.69, 9.17) is 0 Å². The molecule has 0 bridgehead atoms. The van der Waals surface area contributed by atoms with Gasteiger partial charge in [-0.1, -0.05) is 12.8 Å². The van der Waals surface area contributed by atoms with Crippen LogP contribution in [0.5, 0.6) is 0 Å². The van der Waals surface area contributed by atoms with Gasteiger partial charge in [0.05, 0.1) is 11.1 Å². The lowest BCUT2D eigenvalue weighted by atomic mass is 9.66. The summed E-state index contributed by atoms with van der Waals surface area (Å²) in [4.78, 5) is 15.6. The molecule has 1 aliphatic heterocycles. The Labute approximate surface area is 229 Å². The Hall–Kier alpha value is -2.27. The van der Waals surface area contributed by atoms with Gasteiger partial charge in [0.1, 0.15) is 16.2 Å². The minimum absolute atomic E-state index is 0.104. The molecule has 0 aromatic carbocycles. The Morgan fingerprint density at radius 3 is 2.46 bits per heavy atom. The third-order valence-corrected chi connectivity index (χ3v) is 10.2. The first kappa shape index (κ1) is 26.9. The van der Waals surface area contributed by atoms with Crippen LogP contribution in [0.15, 0.2) is 28.8 Å². The minimum Gasteiger partial charge on any atom is -0.299 e. The topological polar surface area (TPSA) is 55.4 Å². The maximum absolute atomic E-state index is 14.2. The second kappa shape index (κ2) is 10.3. The summed E-state index contributed by atoms with van der Waals surface area (Å²) in [6.45, 7) is 2.77. The van der Waals surface area contributed by atoms with Gasteiger partial charge in [-0.25, -0.2) is 9.18 Å². The van der Waals surface area contributed by atoms with Crippen molar-refractivity contribution in [1.82, 2.24) is 24.1 Å². The molecular formula is C28H35F4N5OS. The summed E-state index contributed by atoms with van der Waals surface area (Å²) >= 11 is 1.58. The number of fused-ring (bicyclic) bond motifs is 1. The smallest absolute Gasteiger partial charge is 0.299 e. The van der Waals surface area contributed by atoms with Crippen LogP contribution < -0.4 is 5.69 Å². The molecule has 3 fully saturated rings. The lowest BCUT2D eigenvalue weighted by Crippen LogP contribution is -2.39. The molecular weight excluding hydrogens is 530 g/mol. The van der Waals surface area contributed by atoms with Crippen LogP contribution in [0.2, 0.25) is 0 Å². The van der Waals surface area contributed by atoms with E-state index in [2.05, 4.69) is 10.2 Å². The van der Waals surface area contributed by atoms with Gasteiger partial charge in [0.2, 0.25) is 0 Å². The van der Waals surface area contributed by atoms with Crippen molar-refractivity contribution in [3.63, 3.8) is 0 Å². The van der Waals surface area contributed by atoms with Crippen LogP contribution in [-0.2, 0) is 12.7 Å². The predicted octanol–water partition coefficient (Wildman–Crippen LogP) is 6.61. The molecule has 212 valence electrons. The van der Waals surface area contributed by atoms with Gasteiger partial charge in [0.25, 0.3) is 0 Å². The number of pyridine rings is 1. The summed E-state index contributed by atoms with van der Waals surface area (Å²) in [7, 11) is 0. The minimum atomic E-state index is -4.60. The van der Waals surface area contributed by atoms with Gasteiger partial charge in [0, 0.05) is 44.0 Å². The van der Waals surface area contributed by atoms with Gasteiger partial charge >= 0.3 is 11.9 Å². The number of hydrogen-bond donors (Lipinski definition) is 0. The third kappa shape index (κ3) is 5.40. The summed E-state index contributed by atoms with van der Waals surface area (Å²) in [5.41, 5.74) is -0.376. The standard InChI is InChI=1S/C28H35F4N5OS/c1-27(29)8-10-35(11-9-27)14-18-12-22(28(30,31)32)23-16-36(26(38)37(23)15-18)21-7-3-6-20(13-21)24(19-4-2-5-19)25-34-33-17-39-25/h12,15-17,19-21,24H,2-11,13-14H2,1H3/t20?,21?,24-/m1/s1. The molecule has 2 saturated carbocycles. The van der Waals surface area contributed by atoms with E-state index < -0.39 is 23.1 Å². The molecule has 0 spiro atoms. The fraction of sp³-hybridized carbons (Fsp3) is 0.679. The van der Waals surface area contributed by atoms with Crippen LogP contribution in [0.1, 0.15) is 92.8 Å². The first-order valence-electron chi connectivity index (χ1n) is 14.1. The Balaban J connectivity index is 1.31. The Bertz CT molecular complexity index is 1350. The van der Waals surface area contributed by atoms with Crippen molar-refractivity contribution in [3.05, 3.63) is 50.6 Å². The zero-order valence-electron chi connectivity index (χ0n) is 22.2. The van der Waals surface area contributed by atoms with Gasteiger partial charge in [0.15, 0.2) is 0 Å². The number of imidazole rings is 1. The summed E-state index contributed by atoms with van der Waals surface area (Å²) in [5, 5.41) is 9.52. The fourth-order valence-corrected chi connectivity index (χ4v) is 7.81. The number of likely N-dealkylation sites (tertiary alicyclic amines) is 1. The summed E-state index contributed by atoms with van der Waals surface area (Å²) in [5.74, 6) is 1.20. The molecule has 3 aliphatic rings. The van der Waals surface area contributed by atoms with Crippen LogP contribution in [0.25, 0.3) is 5.52 Å². The van der Waals surface area contributed by atoms with E-state index in [1.807, 2.05) is 4.90 Å². The number of nitrogens with zero attached hydrogens (tertiary/aromatic N) is 5. The van der Waals surface area contributed by atoms with Gasteiger partial charge < -0.3 is 0 Å². The number of rotatable bonds is 6. The molecule has 3 aromatic heterocycles. The SMILES string of the molecule is CC1(F)CCN(Cc2cc(C(F)(F)F)c3cn(C4CCCC([C@H](c5nncs5)C5CCC5)C4)c(=O)n3c2)CC1. The molecule has 1 saturated heterocycles. The molecule has 6 rings (SSSR count). The van der Waals surface area contributed by atoms with E-state index in [1.54, 1.807) is 34.5 Å². The normalized spacial score (nSPS) is 25.6. The van der Waals surface area contributed by atoms with Crippen molar-refractivity contribution in [1.29, 1.82) is 0 Å². The van der Waals surface area contributed by atoms with E-state index in [0.717, 1.165) is 36.8 Å². The van der Waals surface area contributed by atoms with Crippen molar-refractivity contribution in [3.8, 4) is 0 Å². The Morgan fingerprint density at radius 1 is 1.10 bits per heavy atom. The monoisotopic (exact) mass is 565 g/mol. The Morgan fingerprint density at radius 2 is 1.82 bits per heavy atom. The van der Waals surface area contributed by atoms with Crippen LogP contribution in [0, 0.1) is 11.8 Å². The van der Waals surface area contributed by atoms with E-state index >= 15 is 0 Å². The highest BCUT2D eigenvalue weighted by Gasteiger charge is 2.40. The molecule has 11 heteroatoms. The molecule has 3 aromatic rings. The first-order chi connectivity index (χ1) is 18.6. The zero-order chi connectivity index (χ0) is 27.4. The maximum atomic E-state index is 14.2. The molecule has 0 amide bonds. The molecule has 39 heavy (non-hydrogen) atoms. The van der Waals surface area contributed by atoms with Crippen molar-refractivity contribution >= 4 is 16.9 Å². The average Bonchev–Trinajstić information content (AvgIpc) is 3.50. The molecule has 6 nitrogen and oxygen atoms in total. The highest BCUT2D eigenvalue weighted by molar-refractivity contribution is 7.09. The van der Waals surface area contributed by atoms with Gasteiger partial charge in [-0.05, 0) is 75.3 Å². The quantitative estimate of drug-likeness (QED) is 0.316. The summed E-state index contributed by atoms with van der Waals surface area (Å²) < 4.78 is 59.6. The second-order valence-electron chi connectivity index (χ2n) is 12.1. The largest absolute Gasteiger partial charge is 0.418 e. The maximum Gasteiger partial charge on any atom is 0.418 e. The average molecular weight is 566 g/mol. The van der Waals surface area contributed by atoms with E-state index in [0.29, 0.717) is 49.2 Å². The van der Waals surface area contributed by atoms with E-state index in [-0.39, 0.29) is 18.1 Å². The number of halogens is 4. The van der Waals surface area contributed by atoms with Crippen molar-refractivity contribution in [2.45, 2.75) is 95.1 Å². The molecule has 4 heterocycles. The van der Waals surface area contributed by atoms with Gasteiger partial charge in [-0.15, -0.1) is 21.5 Å². The lowest BCUT2D eigenvalue weighted by Gasteiger charge is -2.41. The number of hydrogen-bond acceptors (Lipinski definition) is 5. The van der Waals surface area contributed by atoms with Gasteiger partial charge in [-0.3, -0.25) is 13.9 Å². The van der Waals surface area contributed by atoms with Crippen LogP contribution in [-0.4, -0.2) is 42.8 Å². The highest BCUT2D eigenvalue weighted by Crippen LogP contribution is 2.49. The van der Waals surface area contributed by atoms with E-state index in [9.17, 15) is 22.4 Å². The first-order valence-corrected chi connectivity index (χ1v) is 15.0. The van der Waals surface area contributed by atoms with Crippen LogP contribution >= 0.6 is 11.3 Å². The summed E-state index contributed by atoms with van der Waals surface area (Å²) in [6.07, 6.45) is 6.09. The van der Waals surface area contributed by atoms with Crippen LogP contribution in [0.4, 0.5) is 17.6 Å². The fourth-order valence-electron chi connectivity index (χ4n) is 6.97. The molecule has 2 unspecified atom stereocenters. The molecule has 0 N–H and O–H groups in total. The van der Waals surface area contributed by atoms with Crippen molar-refractivity contribution in [2.24, 2.45) is 11.8 Å². The van der Waals surface area contributed by atoms with Crippen molar-refractivity contribution in [2.75, 3.05) is 13.1 Å². The lowest BCUT2D eigenvalue weighted by molar-refractivity contribution is -0.136. The Kier molecular flexibility index (Phi) is 7.10. The van der Waals surface area contributed by atoms with Crippen LogP contribution in [0.3, 0.4) is 0 Å². The third-order valence-electron chi connectivity index (χ3n) is 9.37. The highest BCUT2D eigenvalue weighted by atomic mass is 32.1. The number of aromatic nitrogens is 4. The summed E-state index contributed by atoms with van der Waals surface area (Å²) in [6, 6.07) is 1.01. The van der Waals surface area contributed by atoms with E-state index in [1.165, 1.54) is 29.9 Å². The molecule has 2 aliphatic carbocycles. The van der Waals surface area contributed by atoms with Gasteiger partial charge in [-0.2, -0.15) is 13.2 Å². The molecule has 0 radical (unpaired) electrons. The zero-order valence-corrected chi connectivity index (χ0v) is 23.0. The second-order valence-corrected chi connectivity index (χ2v) is 13.0.